The van der Waals surface area contributed by atoms with Gasteiger partial charge in [0.2, 0.25) is 0 Å². The highest BCUT2D eigenvalue weighted by molar-refractivity contribution is 7.92. The number of carboxylic acids is 1. The van der Waals surface area contributed by atoms with Crippen LogP contribution in [0.2, 0.25) is 0 Å². The molecule has 0 fully saturated rings. The van der Waals surface area contributed by atoms with Crippen LogP contribution in [0.3, 0.4) is 0 Å². The number of hydrogen-bond donors (Lipinski definition) is 2. The van der Waals surface area contributed by atoms with Crippen molar-refractivity contribution in [2.75, 3.05) is 4.72 Å². The summed E-state index contributed by atoms with van der Waals surface area (Å²) in [6.45, 7) is 3.45. The van der Waals surface area contributed by atoms with Crippen molar-refractivity contribution in [2.24, 2.45) is 0 Å². The highest BCUT2D eigenvalue weighted by Gasteiger charge is 2.21. The molecule has 0 atom stereocenters. The smallest absolute Gasteiger partial charge is 0.348 e. The summed E-state index contributed by atoms with van der Waals surface area (Å²) in [7, 11) is -3.79. The van der Waals surface area contributed by atoms with E-state index in [1.54, 1.807) is 31.4 Å². The van der Waals surface area contributed by atoms with Gasteiger partial charge in [-0.1, -0.05) is 12.1 Å². The second-order valence-corrected chi connectivity index (χ2v) is 6.91. The second kappa shape index (κ2) is 5.26. The number of thiophene rings is 1. The molecule has 5 nitrogen and oxygen atoms in total. The molecule has 106 valence electrons. The predicted octanol–water partition coefficient (Wildman–Crippen LogP) is 2.86. The predicted molar refractivity (Wildman–Crippen MR) is 78.0 cm³/mol. The molecule has 2 aromatic rings. The Hall–Kier alpha value is -1.86. The van der Waals surface area contributed by atoms with Gasteiger partial charge < -0.3 is 5.11 Å². The molecule has 0 aliphatic heterocycles. The van der Waals surface area contributed by atoms with Crippen molar-refractivity contribution in [1.29, 1.82) is 0 Å². The van der Waals surface area contributed by atoms with E-state index in [2.05, 4.69) is 4.72 Å². The summed E-state index contributed by atoms with van der Waals surface area (Å²) in [6, 6.07) is 6.43. The lowest BCUT2D eigenvalue weighted by Gasteiger charge is -2.09. The summed E-state index contributed by atoms with van der Waals surface area (Å²) in [5.41, 5.74) is 1.53. The van der Waals surface area contributed by atoms with Crippen LogP contribution in [-0.2, 0) is 10.0 Å². The summed E-state index contributed by atoms with van der Waals surface area (Å²) in [6.07, 6.45) is 0. The average Bonchev–Trinajstić information content (AvgIpc) is 2.71. The zero-order valence-corrected chi connectivity index (χ0v) is 12.5. The minimum Gasteiger partial charge on any atom is -0.477 e. The van der Waals surface area contributed by atoms with Crippen LogP contribution < -0.4 is 4.72 Å². The summed E-state index contributed by atoms with van der Waals surface area (Å²) in [5, 5.41) is 10.7. The molecular formula is C13H13NO4S2. The van der Waals surface area contributed by atoms with Crippen molar-refractivity contribution < 1.29 is 18.3 Å². The molecule has 0 spiro atoms. The lowest BCUT2D eigenvalue weighted by Crippen LogP contribution is -2.15. The molecule has 0 radical (unpaired) electrons. The largest absolute Gasteiger partial charge is 0.477 e. The molecule has 20 heavy (non-hydrogen) atoms. The van der Waals surface area contributed by atoms with Crippen LogP contribution in [-0.4, -0.2) is 19.5 Å². The Kier molecular flexibility index (Phi) is 3.82. The van der Waals surface area contributed by atoms with Crippen molar-refractivity contribution in [1.82, 2.24) is 0 Å². The number of sulfonamides is 1. The minimum absolute atomic E-state index is 0.0151. The Morgan fingerprint density at radius 2 is 2.00 bits per heavy atom. The highest BCUT2D eigenvalue weighted by Crippen LogP contribution is 2.29. The number of anilines is 1. The van der Waals surface area contributed by atoms with E-state index < -0.39 is 16.0 Å². The maximum absolute atomic E-state index is 12.3. The van der Waals surface area contributed by atoms with Crippen LogP contribution in [0.25, 0.3) is 0 Å². The molecule has 2 rings (SSSR count). The third-order valence-electron chi connectivity index (χ3n) is 2.71. The van der Waals surface area contributed by atoms with Gasteiger partial charge in [-0.15, -0.1) is 11.3 Å². The number of carbonyl (C=O) groups is 1. The summed E-state index contributed by atoms with van der Waals surface area (Å²) in [4.78, 5) is 11.2. The molecule has 1 aromatic carbocycles. The Labute approximate surface area is 120 Å². The minimum atomic E-state index is -3.79. The van der Waals surface area contributed by atoms with E-state index in [1.807, 2.05) is 0 Å². The fourth-order valence-electron chi connectivity index (χ4n) is 1.70. The zero-order chi connectivity index (χ0) is 14.9. The lowest BCUT2D eigenvalue weighted by atomic mass is 10.2. The van der Waals surface area contributed by atoms with E-state index in [0.717, 1.165) is 16.9 Å². The molecule has 0 saturated heterocycles. The third kappa shape index (κ3) is 2.83. The topological polar surface area (TPSA) is 83.5 Å². The van der Waals surface area contributed by atoms with E-state index >= 15 is 0 Å². The van der Waals surface area contributed by atoms with Gasteiger partial charge in [-0.2, -0.15) is 0 Å². The maximum atomic E-state index is 12.3. The van der Waals surface area contributed by atoms with Crippen LogP contribution in [0.4, 0.5) is 5.69 Å². The molecule has 0 saturated carbocycles. The first-order valence-electron chi connectivity index (χ1n) is 5.72. The second-order valence-electron chi connectivity index (χ2n) is 4.35. The van der Waals surface area contributed by atoms with E-state index in [0.29, 0.717) is 5.56 Å². The monoisotopic (exact) mass is 311 g/mol. The average molecular weight is 311 g/mol. The molecule has 1 heterocycles. The van der Waals surface area contributed by atoms with Crippen LogP contribution in [0, 0.1) is 13.8 Å². The van der Waals surface area contributed by atoms with Gasteiger partial charge in [0.15, 0.2) is 0 Å². The number of hydrogen-bond acceptors (Lipinski definition) is 4. The number of benzene rings is 1. The lowest BCUT2D eigenvalue weighted by molar-refractivity contribution is 0.0703. The van der Waals surface area contributed by atoms with E-state index in [4.69, 9.17) is 5.11 Å². The molecule has 1 aromatic heterocycles. The van der Waals surface area contributed by atoms with Crippen molar-refractivity contribution >= 4 is 33.0 Å². The van der Waals surface area contributed by atoms with Gasteiger partial charge in [0.05, 0.1) is 10.6 Å². The number of rotatable bonds is 4. The highest BCUT2D eigenvalue weighted by atomic mass is 32.2. The molecule has 7 heteroatoms. The number of aryl methyl sites for hydroxylation is 2. The third-order valence-corrected chi connectivity index (χ3v) is 5.14. The first kappa shape index (κ1) is 14.5. The van der Waals surface area contributed by atoms with Gasteiger partial charge >= 0.3 is 5.97 Å². The Bertz CT molecular complexity index is 762. The zero-order valence-electron chi connectivity index (χ0n) is 10.9. The molecule has 2 N–H and O–H groups in total. The maximum Gasteiger partial charge on any atom is 0.348 e. The van der Waals surface area contributed by atoms with Crippen molar-refractivity contribution in [3.8, 4) is 0 Å². The normalized spacial score (nSPS) is 11.3. The quantitative estimate of drug-likeness (QED) is 0.909. The van der Waals surface area contributed by atoms with Crippen LogP contribution in [0.15, 0.2) is 34.5 Å². The first-order valence-corrected chi connectivity index (χ1v) is 8.08. The number of nitrogens with one attached hydrogen (secondary N) is 1. The van der Waals surface area contributed by atoms with Crippen molar-refractivity contribution in [3.63, 3.8) is 0 Å². The van der Waals surface area contributed by atoms with E-state index in [1.165, 1.54) is 12.1 Å². The fraction of sp³-hybridized carbons (Fsp3) is 0.154. The van der Waals surface area contributed by atoms with Crippen LogP contribution in [0.1, 0.15) is 20.8 Å². The Morgan fingerprint density at radius 1 is 1.30 bits per heavy atom. The van der Waals surface area contributed by atoms with Gasteiger partial charge in [0, 0.05) is 0 Å². The van der Waals surface area contributed by atoms with E-state index in [-0.39, 0.29) is 15.5 Å². The fourth-order valence-corrected chi connectivity index (χ4v) is 3.86. The van der Waals surface area contributed by atoms with Crippen LogP contribution >= 0.6 is 11.3 Å². The molecule has 0 unspecified atom stereocenters. The summed E-state index contributed by atoms with van der Waals surface area (Å²) in [5.74, 6) is -1.15. The van der Waals surface area contributed by atoms with Crippen molar-refractivity contribution in [2.45, 2.75) is 18.7 Å². The van der Waals surface area contributed by atoms with Crippen molar-refractivity contribution in [3.05, 3.63) is 45.6 Å². The molecule has 0 bridgehead atoms. The summed E-state index contributed by atoms with van der Waals surface area (Å²) < 4.78 is 26.9. The van der Waals surface area contributed by atoms with E-state index in [9.17, 15) is 13.2 Å². The van der Waals surface area contributed by atoms with Gasteiger partial charge in [0.1, 0.15) is 4.88 Å². The number of aromatic carboxylic acids is 1. The molecule has 0 aliphatic rings. The summed E-state index contributed by atoms with van der Waals surface area (Å²) >= 11 is 0.997. The molecule has 0 aliphatic carbocycles. The van der Waals surface area contributed by atoms with Gasteiger partial charge in [-0.3, -0.25) is 4.72 Å². The number of carboxylic acid groups (broad SMARTS) is 1. The first-order chi connectivity index (χ1) is 9.31. The SMILES string of the molecule is Cc1cccc(S(=O)(=O)Nc2c(C)csc2C(=O)O)c1. The Balaban J connectivity index is 2.44. The van der Waals surface area contributed by atoms with Crippen LogP contribution in [0.5, 0.6) is 0 Å². The van der Waals surface area contributed by atoms with Gasteiger partial charge in [-0.25, -0.2) is 13.2 Å². The Morgan fingerprint density at radius 3 is 2.60 bits per heavy atom. The van der Waals surface area contributed by atoms with Gasteiger partial charge in [-0.05, 0) is 42.5 Å². The van der Waals surface area contributed by atoms with Gasteiger partial charge in [0.25, 0.3) is 10.0 Å². The molecular weight excluding hydrogens is 298 g/mol. The molecule has 0 amide bonds. The standard InChI is InChI=1S/C13H13NO4S2/c1-8-4-3-5-10(6-8)20(17,18)14-11-9(2)7-19-12(11)13(15)16/h3-7,14H,1-2H3,(H,15,16).